The second-order valence-corrected chi connectivity index (χ2v) is 7.01. The van der Waals surface area contributed by atoms with Crippen molar-refractivity contribution < 1.29 is 4.79 Å². The van der Waals surface area contributed by atoms with E-state index in [1.807, 2.05) is 37.3 Å². The van der Waals surface area contributed by atoms with Crippen LogP contribution in [-0.2, 0) is 17.9 Å². The lowest BCUT2D eigenvalue weighted by Crippen LogP contribution is -2.25. The van der Waals surface area contributed by atoms with E-state index in [2.05, 4.69) is 4.98 Å². The van der Waals surface area contributed by atoms with E-state index in [1.165, 1.54) is 10.9 Å². The molecule has 1 amide bonds. The monoisotopic (exact) mass is 380 g/mol. The lowest BCUT2D eigenvalue weighted by atomic mass is 10.1. The summed E-state index contributed by atoms with van der Waals surface area (Å²) >= 11 is 5.92. The summed E-state index contributed by atoms with van der Waals surface area (Å²) in [6, 6.07) is 13.1. The van der Waals surface area contributed by atoms with Crippen molar-refractivity contribution in [2.45, 2.75) is 20.0 Å². The van der Waals surface area contributed by atoms with Crippen molar-refractivity contribution in [2.24, 2.45) is 5.73 Å². The van der Waals surface area contributed by atoms with Crippen LogP contribution in [0.15, 0.2) is 53.6 Å². The normalized spacial score (nSPS) is 11.3. The van der Waals surface area contributed by atoms with Crippen molar-refractivity contribution in [1.29, 1.82) is 0 Å². The Morgan fingerprint density at radius 2 is 1.93 bits per heavy atom. The fourth-order valence-electron chi connectivity index (χ4n) is 3.33. The van der Waals surface area contributed by atoms with Crippen molar-refractivity contribution in [3.05, 3.63) is 75.3 Å². The van der Waals surface area contributed by atoms with Gasteiger partial charge in [0.05, 0.1) is 18.4 Å². The van der Waals surface area contributed by atoms with E-state index in [-0.39, 0.29) is 12.1 Å². The van der Waals surface area contributed by atoms with Crippen molar-refractivity contribution in [3.63, 3.8) is 0 Å². The molecule has 4 aromatic rings. The van der Waals surface area contributed by atoms with E-state index in [0.29, 0.717) is 22.6 Å². The molecule has 0 unspecified atom stereocenters. The minimum atomic E-state index is -0.512. The zero-order valence-electron chi connectivity index (χ0n) is 14.6. The van der Waals surface area contributed by atoms with Crippen LogP contribution in [0.25, 0.3) is 21.9 Å². The van der Waals surface area contributed by atoms with Gasteiger partial charge in [-0.3, -0.25) is 14.2 Å². The average molecular weight is 381 g/mol. The number of aromatic nitrogens is 3. The van der Waals surface area contributed by atoms with Gasteiger partial charge in [0.2, 0.25) is 5.91 Å². The molecule has 2 aromatic carbocycles. The third-order valence-electron chi connectivity index (χ3n) is 4.56. The smallest absolute Gasteiger partial charge is 0.278 e. The number of hydrogen-bond acceptors (Lipinski definition) is 3. The Labute approximate surface area is 159 Å². The van der Waals surface area contributed by atoms with E-state index in [4.69, 9.17) is 17.3 Å². The SMILES string of the molecule is Cc1ccc2c(c1)c1ncn(Cc3ccc(Cl)cc3)c(=O)c1n2CC(N)=O. The quantitative estimate of drug-likeness (QED) is 0.591. The first-order valence-electron chi connectivity index (χ1n) is 8.45. The van der Waals surface area contributed by atoms with Gasteiger partial charge >= 0.3 is 0 Å². The maximum absolute atomic E-state index is 13.2. The summed E-state index contributed by atoms with van der Waals surface area (Å²) in [6.07, 6.45) is 1.54. The molecule has 0 spiro atoms. The number of fused-ring (bicyclic) bond motifs is 3. The first-order valence-corrected chi connectivity index (χ1v) is 8.82. The molecule has 0 aliphatic heterocycles. The second-order valence-electron chi connectivity index (χ2n) is 6.57. The van der Waals surface area contributed by atoms with Gasteiger partial charge in [-0.15, -0.1) is 0 Å². The fraction of sp³-hybridized carbons (Fsp3) is 0.150. The molecule has 0 aliphatic carbocycles. The highest BCUT2D eigenvalue weighted by molar-refractivity contribution is 6.30. The maximum Gasteiger partial charge on any atom is 0.278 e. The number of aryl methyl sites for hydroxylation is 1. The molecule has 4 rings (SSSR count). The summed E-state index contributed by atoms with van der Waals surface area (Å²) < 4.78 is 3.18. The molecule has 2 heterocycles. The van der Waals surface area contributed by atoms with E-state index >= 15 is 0 Å². The first-order chi connectivity index (χ1) is 12.9. The Balaban J connectivity index is 1.95. The fourth-order valence-corrected chi connectivity index (χ4v) is 3.46. The van der Waals surface area contributed by atoms with Crippen LogP contribution < -0.4 is 11.3 Å². The van der Waals surface area contributed by atoms with E-state index in [1.54, 1.807) is 16.7 Å². The van der Waals surface area contributed by atoms with Crippen molar-refractivity contribution in [2.75, 3.05) is 0 Å². The van der Waals surface area contributed by atoms with Crippen LogP contribution in [0.2, 0.25) is 5.02 Å². The molecule has 0 fully saturated rings. The van der Waals surface area contributed by atoms with Gasteiger partial charge in [-0.2, -0.15) is 0 Å². The lowest BCUT2D eigenvalue weighted by Gasteiger charge is -2.08. The highest BCUT2D eigenvalue weighted by Gasteiger charge is 2.17. The lowest BCUT2D eigenvalue weighted by molar-refractivity contribution is -0.118. The van der Waals surface area contributed by atoms with Gasteiger partial charge in [-0.05, 0) is 36.8 Å². The Kier molecular flexibility index (Phi) is 4.20. The number of nitrogens with two attached hydrogens (primary N) is 1. The van der Waals surface area contributed by atoms with Gasteiger partial charge in [0.15, 0.2) is 0 Å². The third kappa shape index (κ3) is 3.08. The number of benzene rings is 2. The summed E-state index contributed by atoms with van der Waals surface area (Å²) in [7, 11) is 0. The zero-order valence-corrected chi connectivity index (χ0v) is 15.4. The molecule has 136 valence electrons. The molecule has 7 heteroatoms. The van der Waals surface area contributed by atoms with Gasteiger partial charge in [-0.1, -0.05) is 35.4 Å². The molecule has 0 atom stereocenters. The number of hydrogen-bond donors (Lipinski definition) is 1. The van der Waals surface area contributed by atoms with Crippen LogP contribution in [0.4, 0.5) is 0 Å². The Morgan fingerprint density at radius 1 is 1.19 bits per heavy atom. The van der Waals surface area contributed by atoms with Crippen molar-refractivity contribution >= 4 is 39.4 Å². The predicted molar refractivity (Wildman–Crippen MR) is 106 cm³/mol. The van der Waals surface area contributed by atoms with Crippen LogP contribution in [0, 0.1) is 6.92 Å². The van der Waals surface area contributed by atoms with Crippen LogP contribution in [0.1, 0.15) is 11.1 Å². The number of nitrogens with zero attached hydrogens (tertiary/aromatic N) is 3. The van der Waals surface area contributed by atoms with Crippen molar-refractivity contribution in [3.8, 4) is 0 Å². The van der Waals surface area contributed by atoms with Gasteiger partial charge in [0, 0.05) is 10.4 Å². The molecule has 2 N–H and O–H groups in total. The maximum atomic E-state index is 13.2. The summed E-state index contributed by atoms with van der Waals surface area (Å²) in [4.78, 5) is 29.3. The molecule has 0 saturated carbocycles. The Morgan fingerprint density at radius 3 is 2.63 bits per heavy atom. The van der Waals surface area contributed by atoms with E-state index < -0.39 is 5.91 Å². The number of halogens is 1. The Hall–Kier alpha value is -3.12. The summed E-state index contributed by atoms with van der Waals surface area (Å²) in [5, 5.41) is 1.47. The minimum absolute atomic E-state index is 0.0784. The number of carbonyl (C=O) groups excluding carboxylic acids is 1. The zero-order chi connectivity index (χ0) is 19.1. The summed E-state index contributed by atoms with van der Waals surface area (Å²) in [5.74, 6) is -0.512. The highest BCUT2D eigenvalue weighted by Crippen LogP contribution is 2.26. The first kappa shape index (κ1) is 17.3. The molecular weight excluding hydrogens is 364 g/mol. The summed E-state index contributed by atoms with van der Waals surface area (Å²) in [6.45, 7) is 2.25. The van der Waals surface area contributed by atoms with Crippen LogP contribution >= 0.6 is 11.6 Å². The van der Waals surface area contributed by atoms with Crippen LogP contribution in [0.5, 0.6) is 0 Å². The summed E-state index contributed by atoms with van der Waals surface area (Å²) in [5.41, 5.74) is 8.90. The standard InChI is InChI=1S/C20H17ClN4O2/c1-12-2-7-16-15(8-12)18-19(25(16)10-17(22)26)20(27)24(11-23-18)9-13-3-5-14(21)6-4-13/h2-8,11H,9-10H2,1H3,(H2,22,26). The highest BCUT2D eigenvalue weighted by atomic mass is 35.5. The number of amides is 1. The molecule has 0 aliphatic rings. The number of carbonyl (C=O) groups is 1. The number of rotatable bonds is 4. The van der Waals surface area contributed by atoms with Gasteiger partial charge in [0.1, 0.15) is 17.6 Å². The molecule has 6 nitrogen and oxygen atoms in total. The van der Waals surface area contributed by atoms with Gasteiger partial charge in [-0.25, -0.2) is 4.98 Å². The Bertz CT molecular complexity index is 1240. The van der Waals surface area contributed by atoms with Gasteiger partial charge < -0.3 is 10.3 Å². The molecule has 0 bridgehead atoms. The van der Waals surface area contributed by atoms with Crippen LogP contribution in [-0.4, -0.2) is 20.0 Å². The minimum Gasteiger partial charge on any atom is -0.368 e. The molecule has 0 saturated heterocycles. The van der Waals surface area contributed by atoms with Crippen LogP contribution in [0.3, 0.4) is 0 Å². The number of primary amides is 1. The predicted octanol–water partition coefficient (Wildman–Crippen LogP) is 2.85. The molecular formula is C20H17ClN4O2. The third-order valence-corrected chi connectivity index (χ3v) is 4.81. The van der Waals surface area contributed by atoms with E-state index in [9.17, 15) is 9.59 Å². The largest absolute Gasteiger partial charge is 0.368 e. The van der Waals surface area contributed by atoms with Gasteiger partial charge in [0.25, 0.3) is 5.56 Å². The van der Waals surface area contributed by atoms with Crippen molar-refractivity contribution in [1.82, 2.24) is 14.1 Å². The second kappa shape index (κ2) is 6.55. The average Bonchev–Trinajstić information content (AvgIpc) is 2.92. The topological polar surface area (TPSA) is 82.9 Å². The molecule has 27 heavy (non-hydrogen) atoms. The molecule has 0 radical (unpaired) electrons. The molecule has 2 aromatic heterocycles. The van der Waals surface area contributed by atoms with E-state index in [0.717, 1.165) is 22.0 Å².